The van der Waals surface area contributed by atoms with E-state index in [1.54, 1.807) is 0 Å². The van der Waals surface area contributed by atoms with Crippen LogP contribution in [-0.4, -0.2) is 38.3 Å². The Balaban J connectivity index is 1.69. The monoisotopic (exact) mass is 262 g/mol. The van der Waals surface area contributed by atoms with Crippen LogP contribution in [0.1, 0.15) is 24.8 Å². The zero-order valence-electron chi connectivity index (χ0n) is 11.4. The Morgan fingerprint density at radius 2 is 2.26 bits per heavy atom. The van der Waals surface area contributed by atoms with Crippen LogP contribution in [-0.2, 0) is 9.53 Å². The van der Waals surface area contributed by atoms with Crippen LogP contribution in [0.5, 0.6) is 0 Å². The van der Waals surface area contributed by atoms with Crippen molar-refractivity contribution >= 4 is 5.91 Å². The van der Waals surface area contributed by atoms with E-state index in [2.05, 4.69) is 29.7 Å². The van der Waals surface area contributed by atoms with Crippen LogP contribution in [0, 0.1) is 0 Å². The smallest absolute Gasteiger partial charge is 0.250 e. The van der Waals surface area contributed by atoms with Gasteiger partial charge in [-0.3, -0.25) is 4.79 Å². The average Bonchev–Trinajstić information content (AvgIpc) is 2.49. The zero-order chi connectivity index (χ0) is 13.5. The summed E-state index contributed by atoms with van der Waals surface area (Å²) in [5, 5.41) is 6.10. The van der Waals surface area contributed by atoms with Crippen molar-refractivity contribution in [2.45, 2.75) is 25.4 Å². The maximum Gasteiger partial charge on any atom is 0.250 e. The SMILES string of the molecule is CC(CCNC(=O)C1CNCCO1)c1ccccc1. The van der Waals surface area contributed by atoms with Crippen LogP contribution >= 0.6 is 0 Å². The highest BCUT2D eigenvalue weighted by Crippen LogP contribution is 2.17. The maximum absolute atomic E-state index is 11.8. The van der Waals surface area contributed by atoms with Crippen LogP contribution in [0.15, 0.2) is 30.3 Å². The summed E-state index contributed by atoms with van der Waals surface area (Å²) >= 11 is 0. The van der Waals surface area contributed by atoms with Gasteiger partial charge < -0.3 is 15.4 Å². The number of morpholine rings is 1. The lowest BCUT2D eigenvalue weighted by Crippen LogP contribution is -2.48. The molecule has 1 saturated heterocycles. The first kappa shape index (κ1) is 14.0. The third-order valence-electron chi connectivity index (χ3n) is 3.47. The third kappa shape index (κ3) is 4.33. The minimum Gasteiger partial charge on any atom is -0.366 e. The van der Waals surface area contributed by atoms with Gasteiger partial charge in [-0.05, 0) is 17.9 Å². The van der Waals surface area contributed by atoms with Crippen LogP contribution in [0.3, 0.4) is 0 Å². The van der Waals surface area contributed by atoms with Crippen LogP contribution in [0.4, 0.5) is 0 Å². The summed E-state index contributed by atoms with van der Waals surface area (Å²) in [6, 6.07) is 10.4. The Bertz CT molecular complexity index is 388. The number of amides is 1. The van der Waals surface area contributed by atoms with Crippen LogP contribution in [0.25, 0.3) is 0 Å². The van der Waals surface area contributed by atoms with E-state index in [9.17, 15) is 4.79 Å². The number of hydrogen-bond acceptors (Lipinski definition) is 3. The van der Waals surface area contributed by atoms with Gasteiger partial charge in [0.2, 0.25) is 5.91 Å². The maximum atomic E-state index is 11.8. The lowest BCUT2D eigenvalue weighted by Gasteiger charge is -2.23. The molecule has 0 aliphatic carbocycles. The normalized spacial score (nSPS) is 20.8. The summed E-state index contributed by atoms with van der Waals surface area (Å²) in [5.74, 6) is 0.444. The highest BCUT2D eigenvalue weighted by molar-refractivity contribution is 5.81. The lowest BCUT2D eigenvalue weighted by atomic mass is 9.98. The Labute approximate surface area is 114 Å². The molecule has 1 fully saturated rings. The fraction of sp³-hybridized carbons (Fsp3) is 0.533. The summed E-state index contributed by atoms with van der Waals surface area (Å²) in [7, 11) is 0. The first-order valence-corrected chi connectivity index (χ1v) is 6.92. The molecule has 1 aromatic carbocycles. The molecule has 0 radical (unpaired) electrons. The number of ether oxygens (including phenoxy) is 1. The molecular weight excluding hydrogens is 240 g/mol. The quantitative estimate of drug-likeness (QED) is 0.840. The second-order valence-electron chi connectivity index (χ2n) is 4.95. The van der Waals surface area contributed by atoms with Gasteiger partial charge >= 0.3 is 0 Å². The fourth-order valence-electron chi connectivity index (χ4n) is 2.21. The molecule has 2 N–H and O–H groups in total. The van der Waals surface area contributed by atoms with Gasteiger partial charge in [-0.15, -0.1) is 0 Å². The van der Waals surface area contributed by atoms with Crippen LogP contribution < -0.4 is 10.6 Å². The number of carbonyl (C=O) groups is 1. The fourth-order valence-corrected chi connectivity index (χ4v) is 2.21. The molecule has 2 unspecified atom stereocenters. The first-order valence-electron chi connectivity index (χ1n) is 6.92. The summed E-state index contributed by atoms with van der Waals surface area (Å²) in [6.45, 7) is 4.92. The van der Waals surface area contributed by atoms with Gasteiger partial charge in [0, 0.05) is 19.6 Å². The molecule has 1 heterocycles. The summed E-state index contributed by atoms with van der Waals surface area (Å²) < 4.78 is 5.41. The van der Waals surface area contributed by atoms with E-state index < -0.39 is 0 Å². The molecule has 0 saturated carbocycles. The molecule has 2 rings (SSSR count). The van der Waals surface area contributed by atoms with Crippen molar-refractivity contribution in [2.24, 2.45) is 0 Å². The van der Waals surface area contributed by atoms with Gasteiger partial charge in [-0.25, -0.2) is 0 Å². The highest BCUT2D eigenvalue weighted by Gasteiger charge is 2.21. The van der Waals surface area contributed by atoms with Gasteiger partial charge in [0.05, 0.1) is 6.61 Å². The van der Waals surface area contributed by atoms with Crippen molar-refractivity contribution in [1.82, 2.24) is 10.6 Å². The minimum atomic E-state index is -0.333. The Morgan fingerprint density at radius 1 is 1.47 bits per heavy atom. The lowest BCUT2D eigenvalue weighted by molar-refractivity contribution is -0.134. The molecule has 0 aromatic heterocycles. The second kappa shape index (κ2) is 7.26. The Hall–Kier alpha value is -1.39. The van der Waals surface area contributed by atoms with E-state index in [1.807, 2.05) is 18.2 Å². The van der Waals surface area contributed by atoms with E-state index in [-0.39, 0.29) is 12.0 Å². The van der Waals surface area contributed by atoms with Gasteiger partial charge in [-0.1, -0.05) is 37.3 Å². The van der Waals surface area contributed by atoms with Crippen molar-refractivity contribution < 1.29 is 9.53 Å². The minimum absolute atomic E-state index is 0.00698. The van der Waals surface area contributed by atoms with Crippen molar-refractivity contribution in [1.29, 1.82) is 0 Å². The number of hydrogen-bond donors (Lipinski definition) is 2. The molecule has 1 aliphatic rings. The van der Waals surface area contributed by atoms with Gasteiger partial charge in [-0.2, -0.15) is 0 Å². The molecule has 4 nitrogen and oxygen atoms in total. The summed E-state index contributed by atoms with van der Waals surface area (Å²) in [6.07, 6.45) is 0.608. The average molecular weight is 262 g/mol. The van der Waals surface area contributed by atoms with E-state index in [0.29, 0.717) is 25.6 Å². The number of nitrogens with one attached hydrogen (secondary N) is 2. The number of carbonyl (C=O) groups excluding carboxylic acids is 1. The largest absolute Gasteiger partial charge is 0.366 e. The summed E-state index contributed by atoms with van der Waals surface area (Å²) in [4.78, 5) is 11.8. The summed E-state index contributed by atoms with van der Waals surface area (Å²) in [5.41, 5.74) is 1.31. The molecule has 1 amide bonds. The predicted molar refractivity (Wildman–Crippen MR) is 75.1 cm³/mol. The number of benzene rings is 1. The molecule has 19 heavy (non-hydrogen) atoms. The molecule has 2 atom stereocenters. The molecule has 1 aliphatic heterocycles. The molecule has 0 spiro atoms. The third-order valence-corrected chi connectivity index (χ3v) is 3.47. The number of rotatable bonds is 5. The zero-order valence-corrected chi connectivity index (χ0v) is 11.4. The van der Waals surface area contributed by atoms with Crippen molar-refractivity contribution in [3.8, 4) is 0 Å². The second-order valence-corrected chi connectivity index (χ2v) is 4.95. The van der Waals surface area contributed by atoms with Gasteiger partial charge in [0.15, 0.2) is 0 Å². The van der Waals surface area contributed by atoms with Crippen molar-refractivity contribution in [2.75, 3.05) is 26.2 Å². The van der Waals surface area contributed by atoms with Crippen LogP contribution in [0.2, 0.25) is 0 Å². The van der Waals surface area contributed by atoms with E-state index in [4.69, 9.17) is 4.74 Å². The topological polar surface area (TPSA) is 50.4 Å². The van der Waals surface area contributed by atoms with Gasteiger partial charge in [0.1, 0.15) is 6.10 Å². The standard InChI is InChI=1S/C15H22N2O2/c1-12(13-5-3-2-4-6-13)7-8-17-15(18)14-11-16-9-10-19-14/h2-6,12,14,16H,7-11H2,1H3,(H,17,18). The van der Waals surface area contributed by atoms with E-state index >= 15 is 0 Å². The highest BCUT2D eigenvalue weighted by atomic mass is 16.5. The molecule has 1 aromatic rings. The first-order chi connectivity index (χ1) is 9.27. The van der Waals surface area contributed by atoms with E-state index in [1.165, 1.54) is 5.56 Å². The molecular formula is C15H22N2O2. The molecule has 4 heteroatoms. The Morgan fingerprint density at radius 3 is 2.95 bits per heavy atom. The Kier molecular flexibility index (Phi) is 5.36. The van der Waals surface area contributed by atoms with Crippen molar-refractivity contribution in [3.63, 3.8) is 0 Å². The van der Waals surface area contributed by atoms with Gasteiger partial charge in [0.25, 0.3) is 0 Å². The van der Waals surface area contributed by atoms with E-state index in [0.717, 1.165) is 13.0 Å². The molecule has 104 valence electrons. The predicted octanol–water partition coefficient (Wildman–Crippen LogP) is 1.28. The molecule has 0 bridgehead atoms. The van der Waals surface area contributed by atoms with Crippen molar-refractivity contribution in [3.05, 3.63) is 35.9 Å².